The monoisotopic (exact) mass is 203 g/mol. The normalized spacial score (nSPS) is 17.9. The number of rotatable bonds is 6. The third kappa shape index (κ3) is 2.96. The van der Waals surface area contributed by atoms with Gasteiger partial charge in [-0.2, -0.15) is 0 Å². The largest absolute Gasteiger partial charge is 0.481 e. The molecule has 0 saturated carbocycles. The van der Waals surface area contributed by atoms with Crippen LogP contribution >= 0.6 is 0 Å². The first kappa shape index (κ1) is 13.4. The van der Waals surface area contributed by atoms with Crippen LogP contribution in [0.1, 0.15) is 33.6 Å². The summed E-state index contributed by atoms with van der Waals surface area (Å²) in [5.74, 6) is -0.889. The number of carbonyl (C=O) groups is 1. The van der Waals surface area contributed by atoms with E-state index >= 15 is 0 Å². The van der Waals surface area contributed by atoms with E-state index < -0.39 is 17.5 Å². The summed E-state index contributed by atoms with van der Waals surface area (Å²) in [5, 5.41) is 18.3. The molecule has 0 rings (SSSR count). The highest BCUT2D eigenvalue weighted by Gasteiger charge is 2.40. The minimum absolute atomic E-state index is 0.0243. The molecule has 0 aliphatic rings. The smallest absolute Gasteiger partial charge is 0.311 e. The number of hydrogen-bond acceptors (Lipinski definition) is 3. The molecule has 0 aliphatic carbocycles. The van der Waals surface area contributed by atoms with Gasteiger partial charge in [-0.25, -0.2) is 0 Å². The van der Waals surface area contributed by atoms with E-state index in [2.05, 4.69) is 0 Å². The van der Waals surface area contributed by atoms with Gasteiger partial charge in [0.05, 0.1) is 11.5 Å². The van der Waals surface area contributed by atoms with Crippen molar-refractivity contribution in [2.45, 2.75) is 39.7 Å². The number of nitrogens with two attached hydrogens (primary N) is 1. The molecule has 4 nitrogen and oxygen atoms in total. The molecule has 4 heteroatoms. The van der Waals surface area contributed by atoms with Gasteiger partial charge in [0.25, 0.3) is 0 Å². The van der Waals surface area contributed by atoms with Gasteiger partial charge in [0.15, 0.2) is 0 Å². The van der Waals surface area contributed by atoms with Crippen LogP contribution in [-0.4, -0.2) is 28.8 Å². The second-order valence-corrected chi connectivity index (χ2v) is 4.21. The molecule has 0 aliphatic heterocycles. The lowest BCUT2D eigenvalue weighted by Crippen LogP contribution is -2.43. The van der Waals surface area contributed by atoms with Crippen LogP contribution in [0.25, 0.3) is 0 Å². The van der Waals surface area contributed by atoms with Gasteiger partial charge in [0.2, 0.25) is 0 Å². The van der Waals surface area contributed by atoms with Crippen molar-refractivity contribution in [2.24, 2.45) is 17.1 Å². The fourth-order valence-corrected chi connectivity index (χ4v) is 1.53. The summed E-state index contributed by atoms with van der Waals surface area (Å²) in [4.78, 5) is 11.1. The van der Waals surface area contributed by atoms with Gasteiger partial charge in [-0.3, -0.25) is 4.79 Å². The van der Waals surface area contributed by atoms with Crippen molar-refractivity contribution in [3.8, 4) is 0 Å². The van der Waals surface area contributed by atoms with Gasteiger partial charge in [0.1, 0.15) is 0 Å². The molecule has 0 saturated heterocycles. The molecule has 0 radical (unpaired) electrons. The van der Waals surface area contributed by atoms with E-state index in [0.717, 1.165) is 0 Å². The Bertz CT molecular complexity index is 192. The van der Waals surface area contributed by atoms with Crippen LogP contribution in [0.5, 0.6) is 0 Å². The standard InChI is InChI=1S/C10H21NO3/c1-7(2)10(6-11,9(13)14)5-4-8(3)12/h7-8,12H,4-6,11H2,1-3H3,(H,13,14). The van der Waals surface area contributed by atoms with Gasteiger partial charge < -0.3 is 15.9 Å². The molecule has 0 aromatic carbocycles. The third-order valence-electron chi connectivity index (χ3n) is 2.90. The summed E-state index contributed by atoms with van der Waals surface area (Å²) in [6.07, 6.45) is 0.426. The highest BCUT2D eigenvalue weighted by Crippen LogP contribution is 2.32. The van der Waals surface area contributed by atoms with Crippen LogP contribution < -0.4 is 5.73 Å². The van der Waals surface area contributed by atoms with Gasteiger partial charge >= 0.3 is 5.97 Å². The summed E-state index contributed by atoms with van der Waals surface area (Å²) in [5.41, 5.74) is 4.64. The van der Waals surface area contributed by atoms with E-state index in [4.69, 9.17) is 15.9 Å². The maximum Gasteiger partial charge on any atom is 0.311 e. The fraction of sp³-hybridized carbons (Fsp3) is 0.900. The number of carboxylic acid groups (broad SMARTS) is 1. The molecule has 2 atom stereocenters. The molecule has 0 fully saturated rings. The number of aliphatic hydroxyl groups excluding tert-OH is 1. The number of carboxylic acids is 1. The lowest BCUT2D eigenvalue weighted by atomic mass is 9.73. The molecular weight excluding hydrogens is 182 g/mol. The Labute approximate surface area is 85.1 Å². The van der Waals surface area contributed by atoms with Gasteiger partial charge in [-0.05, 0) is 25.7 Å². The van der Waals surface area contributed by atoms with Crippen molar-refractivity contribution in [1.82, 2.24) is 0 Å². The Morgan fingerprint density at radius 2 is 1.93 bits per heavy atom. The zero-order chi connectivity index (χ0) is 11.4. The Balaban J connectivity index is 4.60. The lowest BCUT2D eigenvalue weighted by molar-refractivity contribution is -0.152. The first-order valence-electron chi connectivity index (χ1n) is 4.98. The first-order valence-corrected chi connectivity index (χ1v) is 4.98. The molecule has 0 heterocycles. The molecule has 14 heavy (non-hydrogen) atoms. The number of hydrogen-bond donors (Lipinski definition) is 3. The van der Waals surface area contributed by atoms with Crippen molar-refractivity contribution in [1.29, 1.82) is 0 Å². The second kappa shape index (κ2) is 5.32. The lowest BCUT2D eigenvalue weighted by Gasteiger charge is -2.32. The minimum Gasteiger partial charge on any atom is -0.481 e. The van der Waals surface area contributed by atoms with Crippen molar-refractivity contribution in [3.63, 3.8) is 0 Å². The van der Waals surface area contributed by atoms with Crippen LogP contribution in [0.15, 0.2) is 0 Å². The van der Waals surface area contributed by atoms with Crippen molar-refractivity contribution >= 4 is 5.97 Å². The molecule has 84 valence electrons. The summed E-state index contributed by atoms with van der Waals surface area (Å²) in [6, 6.07) is 0. The van der Waals surface area contributed by atoms with Gasteiger partial charge in [0, 0.05) is 6.54 Å². The molecular formula is C10H21NO3. The predicted molar refractivity (Wildman–Crippen MR) is 54.9 cm³/mol. The Hall–Kier alpha value is -0.610. The van der Waals surface area contributed by atoms with Crippen molar-refractivity contribution in [3.05, 3.63) is 0 Å². The van der Waals surface area contributed by atoms with E-state index in [1.165, 1.54) is 0 Å². The first-order chi connectivity index (χ1) is 6.36. The average molecular weight is 203 g/mol. The number of aliphatic hydroxyl groups is 1. The van der Waals surface area contributed by atoms with Crippen molar-refractivity contribution in [2.75, 3.05) is 6.54 Å². The van der Waals surface area contributed by atoms with Crippen LogP contribution in [0.3, 0.4) is 0 Å². The van der Waals surface area contributed by atoms with Gasteiger partial charge in [-0.15, -0.1) is 0 Å². The SMILES string of the molecule is CC(O)CCC(CN)(C(=O)O)C(C)C. The topological polar surface area (TPSA) is 83.5 Å². The fourth-order valence-electron chi connectivity index (χ4n) is 1.53. The van der Waals surface area contributed by atoms with Crippen LogP contribution in [-0.2, 0) is 4.79 Å². The highest BCUT2D eigenvalue weighted by molar-refractivity contribution is 5.75. The Morgan fingerprint density at radius 3 is 2.14 bits per heavy atom. The molecule has 0 spiro atoms. The maximum atomic E-state index is 11.1. The van der Waals surface area contributed by atoms with E-state index in [0.29, 0.717) is 12.8 Å². The van der Waals surface area contributed by atoms with E-state index in [-0.39, 0.29) is 12.5 Å². The molecule has 0 aromatic rings. The summed E-state index contributed by atoms with van der Waals surface area (Å²) in [7, 11) is 0. The molecule has 4 N–H and O–H groups in total. The molecule has 0 aromatic heterocycles. The minimum atomic E-state index is -0.892. The van der Waals surface area contributed by atoms with Crippen LogP contribution in [0.4, 0.5) is 0 Å². The maximum absolute atomic E-state index is 11.1. The molecule has 2 unspecified atom stereocenters. The third-order valence-corrected chi connectivity index (χ3v) is 2.90. The number of aliphatic carboxylic acids is 1. The highest BCUT2D eigenvalue weighted by atomic mass is 16.4. The van der Waals surface area contributed by atoms with E-state index in [1.54, 1.807) is 6.92 Å². The summed E-state index contributed by atoms with van der Waals surface area (Å²) in [6.45, 7) is 5.47. The van der Waals surface area contributed by atoms with Crippen LogP contribution in [0, 0.1) is 11.3 Å². The molecule has 0 amide bonds. The van der Waals surface area contributed by atoms with Crippen LogP contribution in [0.2, 0.25) is 0 Å². The quantitative estimate of drug-likeness (QED) is 0.597. The zero-order valence-electron chi connectivity index (χ0n) is 9.16. The van der Waals surface area contributed by atoms with E-state index in [9.17, 15) is 4.79 Å². The summed E-state index contributed by atoms with van der Waals surface area (Å²) >= 11 is 0. The van der Waals surface area contributed by atoms with Crippen molar-refractivity contribution < 1.29 is 15.0 Å². The molecule has 0 bridgehead atoms. The predicted octanol–water partition coefficient (Wildman–Crippen LogP) is 0.833. The van der Waals surface area contributed by atoms with Gasteiger partial charge in [-0.1, -0.05) is 13.8 Å². The Morgan fingerprint density at radius 1 is 1.43 bits per heavy atom. The average Bonchev–Trinajstić information content (AvgIpc) is 2.04. The Kier molecular flexibility index (Phi) is 5.08. The summed E-state index contributed by atoms with van der Waals surface area (Å²) < 4.78 is 0. The van der Waals surface area contributed by atoms with E-state index in [1.807, 2.05) is 13.8 Å². The zero-order valence-corrected chi connectivity index (χ0v) is 9.16. The second-order valence-electron chi connectivity index (χ2n) is 4.21.